The first kappa shape index (κ1) is 18.9. The Morgan fingerprint density at radius 3 is 2.53 bits per heavy atom. The molecule has 1 unspecified atom stereocenters. The Morgan fingerprint density at radius 1 is 1.07 bits per heavy atom. The van der Waals surface area contributed by atoms with Crippen molar-refractivity contribution in [2.24, 2.45) is 0 Å². The molecular formula is C25H27N3O2. The third-order valence-corrected chi connectivity index (χ3v) is 6.03. The summed E-state index contributed by atoms with van der Waals surface area (Å²) in [6.45, 7) is 3.41. The van der Waals surface area contributed by atoms with E-state index in [4.69, 9.17) is 9.84 Å². The van der Waals surface area contributed by atoms with E-state index in [0.717, 1.165) is 54.9 Å². The van der Waals surface area contributed by atoms with Gasteiger partial charge >= 0.3 is 0 Å². The number of hydrogen-bond acceptors (Lipinski definition) is 3. The van der Waals surface area contributed by atoms with Crippen molar-refractivity contribution in [2.75, 3.05) is 13.2 Å². The Morgan fingerprint density at radius 2 is 1.83 bits per heavy atom. The minimum atomic E-state index is 0.0645. The van der Waals surface area contributed by atoms with Gasteiger partial charge in [-0.3, -0.25) is 4.79 Å². The predicted octanol–water partition coefficient (Wildman–Crippen LogP) is 5.13. The van der Waals surface area contributed by atoms with Crippen molar-refractivity contribution < 1.29 is 9.53 Å². The van der Waals surface area contributed by atoms with Crippen LogP contribution in [-0.4, -0.2) is 33.7 Å². The molecular weight excluding hydrogens is 374 g/mol. The number of hydrogen-bond donors (Lipinski definition) is 0. The zero-order valence-corrected chi connectivity index (χ0v) is 17.3. The van der Waals surface area contributed by atoms with Gasteiger partial charge in [0, 0.05) is 12.5 Å². The molecule has 1 saturated carbocycles. The highest BCUT2D eigenvalue weighted by molar-refractivity contribution is 5.94. The van der Waals surface area contributed by atoms with Gasteiger partial charge in [0.25, 0.3) is 5.91 Å². The topological polar surface area (TPSA) is 47.4 Å². The number of amides is 1. The average molecular weight is 402 g/mol. The molecule has 3 aromatic rings. The summed E-state index contributed by atoms with van der Waals surface area (Å²) in [6, 6.07) is 20.3. The molecule has 5 heteroatoms. The van der Waals surface area contributed by atoms with Gasteiger partial charge in [0.05, 0.1) is 24.0 Å². The van der Waals surface area contributed by atoms with Gasteiger partial charge in [-0.15, -0.1) is 0 Å². The van der Waals surface area contributed by atoms with Gasteiger partial charge in [-0.25, -0.2) is 4.68 Å². The summed E-state index contributed by atoms with van der Waals surface area (Å²) in [6.07, 6.45) is 4.32. The molecule has 1 amide bonds. The van der Waals surface area contributed by atoms with Gasteiger partial charge in [0.1, 0.15) is 11.4 Å². The fourth-order valence-corrected chi connectivity index (χ4v) is 4.35. The molecule has 5 rings (SSSR count). The highest BCUT2D eigenvalue weighted by Crippen LogP contribution is 2.40. The van der Waals surface area contributed by atoms with Gasteiger partial charge in [0.15, 0.2) is 0 Å². The highest BCUT2D eigenvalue weighted by atomic mass is 16.5. The van der Waals surface area contributed by atoms with Gasteiger partial charge < -0.3 is 9.64 Å². The van der Waals surface area contributed by atoms with Crippen molar-refractivity contribution in [3.05, 3.63) is 77.6 Å². The summed E-state index contributed by atoms with van der Waals surface area (Å²) >= 11 is 0. The lowest BCUT2D eigenvalue weighted by atomic mass is 10.0. The molecule has 0 spiro atoms. The fraction of sp³-hybridized carbons (Fsp3) is 0.360. The van der Waals surface area contributed by atoms with Crippen LogP contribution in [0.3, 0.4) is 0 Å². The van der Waals surface area contributed by atoms with E-state index in [2.05, 4.69) is 12.1 Å². The number of carbonyl (C=O) groups excluding carboxylic acids is 1. The molecule has 1 aliphatic carbocycles. The van der Waals surface area contributed by atoms with Crippen molar-refractivity contribution in [3.8, 4) is 11.4 Å². The average Bonchev–Trinajstić information content (AvgIpc) is 3.35. The van der Waals surface area contributed by atoms with Crippen LogP contribution in [0.15, 0.2) is 60.7 Å². The van der Waals surface area contributed by atoms with Crippen LogP contribution in [0, 0.1) is 0 Å². The van der Waals surface area contributed by atoms with Crippen molar-refractivity contribution in [1.82, 2.24) is 14.7 Å². The van der Waals surface area contributed by atoms with Gasteiger partial charge in [-0.1, -0.05) is 30.3 Å². The Bertz CT molecular complexity index is 1020. The second-order valence-corrected chi connectivity index (χ2v) is 8.13. The van der Waals surface area contributed by atoms with E-state index in [1.807, 2.05) is 65.0 Å². The number of benzene rings is 2. The largest absolute Gasteiger partial charge is 0.494 e. The Kier molecular flexibility index (Phi) is 5.03. The van der Waals surface area contributed by atoms with E-state index >= 15 is 0 Å². The van der Waals surface area contributed by atoms with Crippen LogP contribution >= 0.6 is 0 Å². The summed E-state index contributed by atoms with van der Waals surface area (Å²) in [5.74, 6) is 1.44. The van der Waals surface area contributed by atoms with Crippen LogP contribution in [0.1, 0.15) is 66.3 Å². The predicted molar refractivity (Wildman–Crippen MR) is 116 cm³/mol. The normalized spacial score (nSPS) is 18.6. The molecule has 1 atom stereocenters. The monoisotopic (exact) mass is 401 g/mol. The molecule has 0 radical (unpaired) electrons. The highest BCUT2D eigenvalue weighted by Gasteiger charge is 2.34. The molecule has 1 aromatic heterocycles. The van der Waals surface area contributed by atoms with Crippen molar-refractivity contribution >= 4 is 5.91 Å². The molecule has 2 fully saturated rings. The van der Waals surface area contributed by atoms with Crippen molar-refractivity contribution in [3.63, 3.8) is 0 Å². The Balaban J connectivity index is 1.46. The molecule has 0 N–H and O–H groups in total. The summed E-state index contributed by atoms with van der Waals surface area (Å²) in [4.78, 5) is 15.7. The minimum Gasteiger partial charge on any atom is -0.494 e. The van der Waals surface area contributed by atoms with Crippen LogP contribution in [0.4, 0.5) is 0 Å². The van der Waals surface area contributed by atoms with Crippen LogP contribution in [0.2, 0.25) is 0 Å². The van der Waals surface area contributed by atoms with Crippen molar-refractivity contribution in [2.45, 2.75) is 44.6 Å². The molecule has 2 heterocycles. The lowest BCUT2D eigenvalue weighted by Gasteiger charge is -2.25. The van der Waals surface area contributed by atoms with Gasteiger partial charge in [-0.05, 0) is 68.5 Å². The third-order valence-electron chi connectivity index (χ3n) is 6.03. The number of carbonyl (C=O) groups is 1. The summed E-state index contributed by atoms with van der Waals surface area (Å²) < 4.78 is 7.41. The third kappa shape index (κ3) is 3.60. The SMILES string of the molecule is CCOc1ccc(C2CCCN2C(=O)c2cc(C3CC3)nn2-c2ccccc2)cc1. The lowest BCUT2D eigenvalue weighted by molar-refractivity contribution is 0.0726. The molecule has 30 heavy (non-hydrogen) atoms. The molecule has 1 saturated heterocycles. The number of ether oxygens (including phenoxy) is 1. The van der Waals surface area contributed by atoms with E-state index in [-0.39, 0.29) is 11.9 Å². The minimum absolute atomic E-state index is 0.0645. The number of likely N-dealkylation sites (tertiary alicyclic amines) is 1. The first-order valence-corrected chi connectivity index (χ1v) is 10.9. The maximum atomic E-state index is 13.7. The summed E-state index contributed by atoms with van der Waals surface area (Å²) in [5.41, 5.74) is 3.81. The number of para-hydroxylation sites is 1. The smallest absolute Gasteiger partial charge is 0.273 e. The number of nitrogens with zero attached hydrogens (tertiary/aromatic N) is 3. The first-order valence-electron chi connectivity index (χ1n) is 10.9. The molecule has 0 bridgehead atoms. The maximum Gasteiger partial charge on any atom is 0.273 e. The first-order chi connectivity index (χ1) is 14.7. The number of rotatable bonds is 6. The number of aromatic nitrogens is 2. The van der Waals surface area contributed by atoms with Gasteiger partial charge in [-0.2, -0.15) is 5.10 Å². The van der Waals surface area contributed by atoms with Crippen LogP contribution < -0.4 is 4.74 Å². The standard InChI is InChI=1S/C25H27N3O2/c1-2-30-21-14-12-19(13-15-21)23-9-6-16-27(23)25(29)24-17-22(18-10-11-18)26-28(24)20-7-4-3-5-8-20/h3-5,7-8,12-15,17-18,23H,2,6,9-11,16H2,1H3. The second kappa shape index (κ2) is 7.98. The second-order valence-electron chi connectivity index (χ2n) is 8.13. The van der Waals surface area contributed by atoms with Crippen LogP contribution in [0.25, 0.3) is 5.69 Å². The van der Waals surface area contributed by atoms with E-state index in [9.17, 15) is 4.79 Å². The van der Waals surface area contributed by atoms with Gasteiger partial charge in [0.2, 0.25) is 0 Å². The van der Waals surface area contributed by atoms with E-state index in [1.54, 1.807) is 0 Å². The summed E-state index contributed by atoms with van der Waals surface area (Å²) in [7, 11) is 0. The summed E-state index contributed by atoms with van der Waals surface area (Å²) in [5, 5.41) is 4.82. The van der Waals surface area contributed by atoms with E-state index in [0.29, 0.717) is 18.2 Å². The lowest BCUT2D eigenvalue weighted by Crippen LogP contribution is -2.32. The molecule has 2 aliphatic rings. The quantitative estimate of drug-likeness (QED) is 0.576. The van der Waals surface area contributed by atoms with Crippen molar-refractivity contribution in [1.29, 1.82) is 0 Å². The molecule has 2 aromatic carbocycles. The van der Waals surface area contributed by atoms with E-state index < -0.39 is 0 Å². The molecule has 1 aliphatic heterocycles. The van der Waals surface area contributed by atoms with E-state index in [1.165, 1.54) is 0 Å². The van der Waals surface area contributed by atoms with Crippen LogP contribution in [-0.2, 0) is 0 Å². The zero-order valence-electron chi connectivity index (χ0n) is 17.3. The Labute approximate surface area is 177 Å². The maximum absolute atomic E-state index is 13.7. The Hall–Kier alpha value is -3.08. The molecule has 154 valence electrons. The fourth-order valence-electron chi connectivity index (χ4n) is 4.35. The zero-order chi connectivity index (χ0) is 20.5. The molecule has 5 nitrogen and oxygen atoms in total. The van der Waals surface area contributed by atoms with Crippen LogP contribution in [0.5, 0.6) is 5.75 Å².